The zero-order valence-corrected chi connectivity index (χ0v) is 14.5. The maximum absolute atomic E-state index is 10.9. The lowest BCUT2D eigenvalue weighted by Gasteiger charge is -2.28. The lowest BCUT2D eigenvalue weighted by molar-refractivity contribution is -0.384. The molecule has 0 aliphatic carbocycles. The van der Waals surface area contributed by atoms with E-state index in [1.165, 1.54) is 6.07 Å². The van der Waals surface area contributed by atoms with Crippen LogP contribution in [0.4, 0.5) is 11.4 Å². The fourth-order valence-corrected chi connectivity index (χ4v) is 2.49. The second-order valence-electron chi connectivity index (χ2n) is 5.30. The van der Waals surface area contributed by atoms with Crippen molar-refractivity contribution < 1.29 is 9.66 Å². The second-order valence-corrected chi connectivity index (χ2v) is 5.69. The van der Waals surface area contributed by atoms with Crippen molar-refractivity contribution in [2.45, 2.75) is 13.0 Å². The van der Waals surface area contributed by atoms with Gasteiger partial charge in [0.25, 0.3) is 5.69 Å². The van der Waals surface area contributed by atoms with Gasteiger partial charge in [-0.25, -0.2) is 0 Å². The van der Waals surface area contributed by atoms with Crippen LogP contribution in [0, 0.1) is 10.1 Å². The van der Waals surface area contributed by atoms with Crippen LogP contribution in [0.5, 0.6) is 5.75 Å². The van der Waals surface area contributed by atoms with Crippen molar-refractivity contribution in [1.29, 1.82) is 0 Å². The highest BCUT2D eigenvalue weighted by atomic mass is 32.1. The van der Waals surface area contributed by atoms with Crippen molar-refractivity contribution in [3.63, 3.8) is 0 Å². The summed E-state index contributed by atoms with van der Waals surface area (Å²) in [4.78, 5) is 12.4. The molecule has 0 bridgehead atoms. The minimum atomic E-state index is -0.400. The average molecular weight is 345 g/mol. The Morgan fingerprint density at radius 3 is 2.67 bits per heavy atom. The van der Waals surface area contributed by atoms with E-state index in [9.17, 15) is 10.1 Å². The Kier molecular flexibility index (Phi) is 5.70. The van der Waals surface area contributed by atoms with Crippen LogP contribution in [0.3, 0.4) is 0 Å². The summed E-state index contributed by atoms with van der Waals surface area (Å²) in [5.41, 5.74) is 1.71. The van der Waals surface area contributed by atoms with E-state index in [2.05, 4.69) is 5.32 Å². The highest BCUT2D eigenvalue weighted by Crippen LogP contribution is 2.24. The van der Waals surface area contributed by atoms with Crippen molar-refractivity contribution >= 4 is 28.7 Å². The van der Waals surface area contributed by atoms with Gasteiger partial charge < -0.3 is 15.0 Å². The molecule has 0 aliphatic heterocycles. The molecular weight excluding hydrogens is 326 g/mol. The van der Waals surface area contributed by atoms with E-state index < -0.39 is 4.92 Å². The number of nitro groups is 1. The van der Waals surface area contributed by atoms with Gasteiger partial charge in [-0.1, -0.05) is 18.2 Å². The first-order valence-electron chi connectivity index (χ1n) is 7.34. The van der Waals surface area contributed by atoms with Crippen LogP contribution in [0.1, 0.15) is 18.5 Å². The summed E-state index contributed by atoms with van der Waals surface area (Å²) >= 11 is 5.44. The Morgan fingerprint density at radius 1 is 1.29 bits per heavy atom. The molecule has 2 aromatic carbocycles. The molecule has 2 rings (SSSR count). The Bertz CT molecular complexity index is 751. The van der Waals surface area contributed by atoms with E-state index in [-0.39, 0.29) is 11.7 Å². The first-order valence-corrected chi connectivity index (χ1v) is 7.75. The number of methoxy groups -OCH3 is 1. The Balaban J connectivity index is 2.11. The summed E-state index contributed by atoms with van der Waals surface area (Å²) in [6, 6.07) is 13.9. The van der Waals surface area contributed by atoms with Gasteiger partial charge in [0.1, 0.15) is 5.75 Å². The van der Waals surface area contributed by atoms with Crippen LogP contribution in [-0.2, 0) is 0 Å². The maximum Gasteiger partial charge on any atom is 0.269 e. The molecular formula is C17H19N3O3S. The number of rotatable bonds is 5. The second kappa shape index (κ2) is 7.74. The van der Waals surface area contributed by atoms with E-state index in [1.54, 1.807) is 19.2 Å². The summed E-state index contributed by atoms with van der Waals surface area (Å²) in [6.45, 7) is 1.94. The minimum Gasteiger partial charge on any atom is -0.497 e. The summed E-state index contributed by atoms with van der Waals surface area (Å²) in [5.74, 6) is 0.734. The molecule has 2 aromatic rings. The smallest absolute Gasteiger partial charge is 0.269 e. The monoisotopic (exact) mass is 345 g/mol. The van der Waals surface area contributed by atoms with Crippen LogP contribution >= 0.6 is 12.2 Å². The molecule has 0 fully saturated rings. The first kappa shape index (κ1) is 17.7. The molecule has 0 aliphatic rings. The molecule has 0 amide bonds. The van der Waals surface area contributed by atoms with Gasteiger partial charge in [-0.3, -0.25) is 10.1 Å². The number of anilines is 1. The Hall–Kier alpha value is -2.67. The number of hydrogen-bond acceptors (Lipinski definition) is 4. The van der Waals surface area contributed by atoms with Crippen molar-refractivity contribution in [2.24, 2.45) is 0 Å². The van der Waals surface area contributed by atoms with Gasteiger partial charge in [0.05, 0.1) is 18.1 Å². The third kappa shape index (κ3) is 4.20. The molecule has 0 saturated carbocycles. The molecule has 0 spiro atoms. The SMILES string of the molecule is COc1cccc(NC(=S)N(C)[C@H](C)c2cccc([N+](=O)[O-])c2)c1. The van der Waals surface area contributed by atoms with Crippen LogP contribution < -0.4 is 10.1 Å². The number of non-ortho nitro benzene ring substituents is 1. The Morgan fingerprint density at radius 2 is 2.00 bits per heavy atom. The van der Waals surface area contributed by atoms with E-state index in [0.717, 1.165) is 17.0 Å². The molecule has 1 N–H and O–H groups in total. The lowest BCUT2D eigenvalue weighted by Crippen LogP contribution is -2.33. The minimum absolute atomic E-state index is 0.0689. The topological polar surface area (TPSA) is 67.6 Å². The molecule has 6 nitrogen and oxygen atoms in total. The molecule has 0 heterocycles. The average Bonchev–Trinajstić information content (AvgIpc) is 2.60. The van der Waals surface area contributed by atoms with Crippen LogP contribution in [0.2, 0.25) is 0 Å². The largest absolute Gasteiger partial charge is 0.497 e. The highest BCUT2D eigenvalue weighted by molar-refractivity contribution is 7.80. The van der Waals surface area contributed by atoms with Gasteiger partial charge >= 0.3 is 0 Å². The summed E-state index contributed by atoms with van der Waals surface area (Å²) < 4.78 is 5.19. The number of ether oxygens (including phenoxy) is 1. The normalized spacial score (nSPS) is 11.5. The number of nitro benzene ring substituents is 1. The molecule has 0 radical (unpaired) electrons. The van der Waals surface area contributed by atoms with E-state index >= 15 is 0 Å². The van der Waals surface area contributed by atoms with Gasteiger partial charge in [-0.2, -0.15) is 0 Å². The van der Waals surface area contributed by atoms with Crippen LogP contribution in [0.25, 0.3) is 0 Å². The number of thiocarbonyl (C=S) groups is 1. The molecule has 0 unspecified atom stereocenters. The predicted octanol–water partition coefficient (Wildman–Crippen LogP) is 3.99. The van der Waals surface area contributed by atoms with Gasteiger partial charge in [-0.15, -0.1) is 0 Å². The number of benzene rings is 2. The van der Waals surface area contributed by atoms with Crippen molar-refractivity contribution in [2.75, 3.05) is 19.5 Å². The van der Waals surface area contributed by atoms with E-state index in [0.29, 0.717) is 5.11 Å². The highest BCUT2D eigenvalue weighted by Gasteiger charge is 2.17. The van der Waals surface area contributed by atoms with Crippen LogP contribution in [0.15, 0.2) is 48.5 Å². The summed E-state index contributed by atoms with van der Waals surface area (Å²) in [5, 5.41) is 14.6. The van der Waals surface area contributed by atoms with Crippen molar-refractivity contribution in [3.05, 3.63) is 64.2 Å². The van der Waals surface area contributed by atoms with E-state index in [1.807, 2.05) is 49.2 Å². The van der Waals surface area contributed by atoms with Crippen molar-refractivity contribution in [1.82, 2.24) is 4.90 Å². The van der Waals surface area contributed by atoms with Crippen molar-refractivity contribution in [3.8, 4) is 5.75 Å². The first-order chi connectivity index (χ1) is 11.4. The lowest BCUT2D eigenvalue weighted by atomic mass is 10.1. The standard InChI is InChI=1S/C17H19N3O3S/c1-12(13-6-4-8-15(10-13)20(21)22)19(2)17(24)18-14-7-5-9-16(11-14)23-3/h4-12H,1-3H3,(H,18,24)/t12-/m1/s1. The molecule has 0 aromatic heterocycles. The third-order valence-corrected chi connectivity index (χ3v) is 4.18. The van der Waals surface area contributed by atoms with Gasteiger partial charge in [0.2, 0.25) is 0 Å². The number of nitrogens with one attached hydrogen (secondary N) is 1. The van der Waals surface area contributed by atoms with Gasteiger partial charge in [0.15, 0.2) is 5.11 Å². The fourth-order valence-electron chi connectivity index (χ4n) is 2.21. The molecule has 0 saturated heterocycles. The number of hydrogen-bond donors (Lipinski definition) is 1. The molecule has 7 heteroatoms. The summed E-state index contributed by atoms with van der Waals surface area (Å²) in [6.07, 6.45) is 0. The zero-order valence-electron chi connectivity index (χ0n) is 13.7. The molecule has 24 heavy (non-hydrogen) atoms. The quantitative estimate of drug-likeness (QED) is 0.502. The third-order valence-electron chi connectivity index (χ3n) is 3.79. The maximum atomic E-state index is 10.9. The predicted molar refractivity (Wildman–Crippen MR) is 98.5 cm³/mol. The fraction of sp³-hybridized carbons (Fsp3) is 0.235. The van der Waals surface area contributed by atoms with Crippen LogP contribution in [-0.4, -0.2) is 29.1 Å². The van der Waals surface area contributed by atoms with Gasteiger partial charge in [-0.05, 0) is 36.8 Å². The van der Waals surface area contributed by atoms with E-state index in [4.69, 9.17) is 17.0 Å². The number of nitrogens with zero attached hydrogens (tertiary/aromatic N) is 2. The Labute approximate surface area is 146 Å². The molecule has 1 atom stereocenters. The summed E-state index contributed by atoms with van der Waals surface area (Å²) in [7, 11) is 3.45. The zero-order chi connectivity index (χ0) is 17.7. The molecule has 126 valence electrons. The van der Waals surface area contributed by atoms with Gasteiger partial charge in [0, 0.05) is 30.9 Å².